The van der Waals surface area contributed by atoms with E-state index in [2.05, 4.69) is 41.1 Å². The molecule has 3 aliphatic rings. The normalized spacial score (nSPS) is 22.2. The lowest BCUT2D eigenvalue weighted by Crippen LogP contribution is -2.49. The van der Waals surface area contributed by atoms with Gasteiger partial charge in [-0.1, -0.05) is 48.4 Å². The number of allylic oxidation sites excluding steroid dienone is 1. The number of likely N-dealkylation sites (tertiary alicyclic amines) is 1. The summed E-state index contributed by atoms with van der Waals surface area (Å²) in [5.74, 6) is 0.363. The van der Waals surface area contributed by atoms with Crippen molar-refractivity contribution in [3.63, 3.8) is 0 Å². The van der Waals surface area contributed by atoms with Crippen LogP contribution in [0.15, 0.2) is 54.7 Å². The molecular weight excluding hydrogens is 397 g/mol. The van der Waals surface area contributed by atoms with Crippen LogP contribution in [0.25, 0.3) is 0 Å². The molecule has 5 nitrogen and oxygen atoms in total. The smallest absolute Gasteiger partial charge is 0.255 e. The van der Waals surface area contributed by atoms with Gasteiger partial charge in [-0.15, -0.1) is 0 Å². The molecule has 3 heterocycles. The maximum absolute atomic E-state index is 13.0. The Morgan fingerprint density at radius 2 is 1.78 bits per heavy atom. The highest BCUT2D eigenvalue weighted by Crippen LogP contribution is 2.34. The van der Waals surface area contributed by atoms with E-state index in [9.17, 15) is 9.59 Å². The number of carbonyl (C=O) groups is 2. The van der Waals surface area contributed by atoms with Crippen molar-refractivity contribution in [3.05, 3.63) is 77.0 Å². The standard InChI is InChI=1S/C26H28BN3O2/c1-17-2-9-24(25(31)28-17)30-16-21-14-20(5-8-23(21)26(30)32)19-10-12-29(13-11-19)15-18-3-6-22(27)7-4-18/h3-8,14,19,24H,1-2,9-13,15-16H2,(H,28,31). The van der Waals surface area contributed by atoms with Gasteiger partial charge in [0.15, 0.2) is 0 Å². The second-order valence-corrected chi connectivity index (χ2v) is 9.29. The van der Waals surface area contributed by atoms with E-state index in [0.29, 0.717) is 18.9 Å². The number of hydrogen-bond donors (Lipinski definition) is 1. The molecular formula is C26H28BN3O2. The van der Waals surface area contributed by atoms with Crippen molar-refractivity contribution in [2.75, 3.05) is 13.1 Å². The molecule has 2 fully saturated rings. The lowest BCUT2D eigenvalue weighted by atomic mass is 9.87. The van der Waals surface area contributed by atoms with Crippen LogP contribution < -0.4 is 10.8 Å². The minimum Gasteiger partial charge on any atom is -0.329 e. The number of amides is 2. The Hall–Kier alpha value is -2.86. The number of hydrogen-bond acceptors (Lipinski definition) is 3. The van der Waals surface area contributed by atoms with Crippen molar-refractivity contribution >= 4 is 25.1 Å². The molecule has 0 spiro atoms. The summed E-state index contributed by atoms with van der Waals surface area (Å²) in [7, 11) is 5.79. The Morgan fingerprint density at radius 1 is 1.03 bits per heavy atom. The van der Waals surface area contributed by atoms with Gasteiger partial charge >= 0.3 is 0 Å². The fourth-order valence-electron chi connectivity index (χ4n) is 5.23. The Morgan fingerprint density at radius 3 is 2.50 bits per heavy atom. The molecule has 2 aromatic carbocycles. The summed E-state index contributed by atoms with van der Waals surface area (Å²) in [5, 5.41) is 2.80. The largest absolute Gasteiger partial charge is 0.329 e. The van der Waals surface area contributed by atoms with Gasteiger partial charge in [-0.25, -0.2) is 0 Å². The van der Waals surface area contributed by atoms with E-state index < -0.39 is 6.04 Å². The van der Waals surface area contributed by atoms with E-state index in [0.717, 1.165) is 61.2 Å². The maximum Gasteiger partial charge on any atom is 0.255 e. The van der Waals surface area contributed by atoms with Gasteiger partial charge in [0.2, 0.25) is 5.91 Å². The van der Waals surface area contributed by atoms with E-state index in [-0.39, 0.29) is 11.8 Å². The van der Waals surface area contributed by atoms with Crippen LogP contribution in [0.3, 0.4) is 0 Å². The average Bonchev–Trinajstić information content (AvgIpc) is 3.11. The molecule has 0 aliphatic carbocycles. The molecule has 1 N–H and O–H groups in total. The van der Waals surface area contributed by atoms with E-state index in [1.807, 2.05) is 18.2 Å². The van der Waals surface area contributed by atoms with Crippen LogP contribution >= 0.6 is 0 Å². The molecule has 0 aromatic heterocycles. The summed E-state index contributed by atoms with van der Waals surface area (Å²) in [6.45, 7) is 7.42. The topological polar surface area (TPSA) is 52.6 Å². The summed E-state index contributed by atoms with van der Waals surface area (Å²) in [5.41, 5.74) is 5.94. The molecule has 2 amide bonds. The molecule has 0 bridgehead atoms. The Bertz CT molecular complexity index is 1060. The lowest BCUT2D eigenvalue weighted by molar-refractivity contribution is -0.126. The fraction of sp³-hybridized carbons (Fsp3) is 0.385. The first kappa shape index (κ1) is 21.0. The first-order chi connectivity index (χ1) is 15.5. The van der Waals surface area contributed by atoms with Gasteiger partial charge in [0.05, 0.1) is 0 Å². The molecule has 5 rings (SSSR count). The SMILES string of the molecule is [B]c1ccc(CN2CCC(c3ccc4c(c3)CN(C3CCC(=C)NC3=O)C4=O)CC2)cc1. The number of nitrogens with zero attached hydrogens (tertiary/aromatic N) is 2. The molecule has 6 heteroatoms. The monoisotopic (exact) mass is 425 g/mol. The van der Waals surface area contributed by atoms with Gasteiger partial charge in [-0.3, -0.25) is 14.5 Å². The molecule has 1 atom stereocenters. The third kappa shape index (κ3) is 4.12. The lowest BCUT2D eigenvalue weighted by Gasteiger charge is -2.32. The van der Waals surface area contributed by atoms with E-state index in [1.165, 1.54) is 11.1 Å². The van der Waals surface area contributed by atoms with Crippen molar-refractivity contribution in [1.29, 1.82) is 0 Å². The predicted molar refractivity (Wildman–Crippen MR) is 126 cm³/mol. The van der Waals surface area contributed by atoms with Gasteiger partial charge in [0.1, 0.15) is 13.9 Å². The van der Waals surface area contributed by atoms with Gasteiger partial charge < -0.3 is 10.2 Å². The zero-order valence-corrected chi connectivity index (χ0v) is 18.3. The highest BCUT2D eigenvalue weighted by atomic mass is 16.2. The zero-order chi connectivity index (χ0) is 22.2. The number of nitrogens with one attached hydrogen (secondary N) is 1. The zero-order valence-electron chi connectivity index (χ0n) is 18.3. The minimum atomic E-state index is -0.402. The number of rotatable bonds is 4. The van der Waals surface area contributed by atoms with Crippen LogP contribution in [0.4, 0.5) is 0 Å². The van der Waals surface area contributed by atoms with Gasteiger partial charge in [-0.2, -0.15) is 0 Å². The summed E-state index contributed by atoms with van der Waals surface area (Å²) < 4.78 is 0. The van der Waals surface area contributed by atoms with E-state index in [1.54, 1.807) is 4.90 Å². The highest BCUT2D eigenvalue weighted by Gasteiger charge is 2.38. The minimum absolute atomic E-state index is 0.0301. The molecule has 2 aromatic rings. The van der Waals surface area contributed by atoms with Gasteiger partial charge in [0.25, 0.3) is 5.91 Å². The predicted octanol–water partition coefficient (Wildman–Crippen LogP) is 2.61. The third-order valence-electron chi connectivity index (χ3n) is 7.10. The van der Waals surface area contributed by atoms with Crippen molar-refractivity contribution in [2.45, 2.75) is 50.7 Å². The van der Waals surface area contributed by atoms with Crippen LogP contribution in [0.5, 0.6) is 0 Å². The molecule has 162 valence electrons. The molecule has 1 unspecified atom stereocenters. The van der Waals surface area contributed by atoms with Crippen LogP contribution in [0, 0.1) is 0 Å². The summed E-state index contributed by atoms with van der Waals surface area (Å²) in [4.78, 5) is 29.6. The summed E-state index contributed by atoms with van der Waals surface area (Å²) >= 11 is 0. The highest BCUT2D eigenvalue weighted by molar-refractivity contribution is 6.32. The first-order valence-electron chi connectivity index (χ1n) is 11.5. The summed E-state index contributed by atoms with van der Waals surface area (Å²) in [6.07, 6.45) is 3.58. The number of benzene rings is 2. The molecule has 2 radical (unpaired) electrons. The quantitative estimate of drug-likeness (QED) is 0.767. The third-order valence-corrected chi connectivity index (χ3v) is 7.10. The average molecular weight is 425 g/mol. The van der Waals surface area contributed by atoms with Crippen molar-refractivity contribution in [2.24, 2.45) is 0 Å². The number of piperidine rings is 2. The van der Waals surface area contributed by atoms with Gasteiger partial charge in [0, 0.05) is 24.4 Å². The fourth-order valence-corrected chi connectivity index (χ4v) is 5.23. The Labute approximate surface area is 190 Å². The molecule has 32 heavy (non-hydrogen) atoms. The molecule has 2 saturated heterocycles. The van der Waals surface area contributed by atoms with E-state index >= 15 is 0 Å². The second-order valence-electron chi connectivity index (χ2n) is 9.29. The van der Waals surface area contributed by atoms with Crippen LogP contribution in [0.1, 0.15) is 58.6 Å². The Balaban J connectivity index is 1.22. The Kier molecular flexibility index (Phi) is 5.64. The van der Waals surface area contributed by atoms with Crippen molar-refractivity contribution in [1.82, 2.24) is 15.1 Å². The van der Waals surface area contributed by atoms with Crippen molar-refractivity contribution < 1.29 is 9.59 Å². The van der Waals surface area contributed by atoms with Crippen LogP contribution in [-0.2, 0) is 17.9 Å². The van der Waals surface area contributed by atoms with Crippen LogP contribution in [-0.4, -0.2) is 48.6 Å². The van der Waals surface area contributed by atoms with Gasteiger partial charge in [-0.05, 0) is 67.4 Å². The number of fused-ring (bicyclic) bond motifs is 1. The molecule has 0 saturated carbocycles. The molecule has 3 aliphatic heterocycles. The van der Waals surface area contributed by atoms with E-state index in [4.69, 9.17) is 7.85 Å². The maximum atomic E-state index is 13.0. The van der Waals surface area contributed by atoms with Crippen molar-refractivity contribution in [3.8, 4) is 0 Å². The number of carbonyl (C=O) groups excluding carboxylic acids is 2. The summed E-state index contributed by atoms with van der Waals surface area (Å²) in [6, 6.07) is 14.0. The van der Waals surface area contributed by atoms with Crippen LogP contribution in [0.2, 0.25) is 0 Å². The second kappa shape index (κ2) is 8.59. The first-order valence-corrected chi connectivity index (χ1v) is 11.5.